The van der Waals surface area contributed by atoms with Gasteiger partial charge < -0.3 is 23.7 Å². The molecule has 192 valence electrons. The number of rotatable bonds is 10. The Labute approximate surface area is 213 Å². The molecule has 36 heavy (non-hydrogen) atoms. The standard InChI is InChI=1S/C29H36N2O5/c1-21-9-12-23(13-10-21)28(33)31(29(2,3)4)20-27(32)30(19-24-8-7-17-36-24)16-15-22-11-14-25(34-5)26(18-22)35-6/h7-14,17-18H,15-16,19-20H2,1-6H3. The SMILES string of the molecule is COc1ccc(CCN(Cc2ccco2)C(=O)CN(C(=O)c2ccc(C)cc2)C(C)(C)C)cc1OC. The third-order valence-corrected chi connectivity index (χ3v) is 6.04. The zero-order valence-electron chi connectivity index (χ0n) is 22.0. The van der Waals surface area contributed by atoms with Crippen LogP contribution in [-0.2, 0) is 17.8 Å². The summed E-state index contributed by atoms with van der Waals surface area (Å²) in [5.41, 5.74) is 2.10. The number of carbonyl (C=O) groups is 2. The van der Waals surface area contributed by atoms with Crippen molar-refractivity contribution in [2.75, 3.05) is 27.3 Å². The fourth-order valence-corrected chi connectivity index (χ4v) is 3.88. The second-order valence-electron chi connectivity index (χ2n) is 9.76. The van der Waals surface area contributed by atoms with E-state index >= 15 is 0 Å². The third-order valence-electron chi connectivity index (χ3n) is 6.04. The monoisotopic (exact) mass is 492 g/mol. The summed E-state index contributed by atoms with van der Waals surface area (Å²) in [7, 11) is 3.20. The Kier molecular flexibility index (Phi) is 8.80. The summed E-state index contributed by atoms with van der Waals surface area (Å²) in [5.74, 6) is 1.65. The fourth-order valence-electron chi connectivity index (χ4n) is 3.88. The molecule has 2 aromatic carbocycles. The molecular weight excluding hydrogens is 456 g/mol. The minimum absolute atomic E-state index is 0.0388. The van der Waals surface area contributed by atoms with Crippen molar-refractivity contribution in [1.29, 1.82) is 0 Å². The summed E-state index contributed by atoms with van der Waals surface area (Å²) in [4.78, 5) is 30.4. The minimum Gasteiger partial charge on any atom is -0.493 e. The van der Waals surface area contributed by atoms with Crippen molar-refractivity contribution in [3.63, 3.8) is 0 Å². The van der Waals surface area contributed by atoms with E-state index in [-0.39, 0.29) is 18.4 Å². The summed E-state index contributed by atoms with van der Waals surface area (Å²) in [6.07, 6.45) is 2.20. The maximum atomic E-state index is 13.6. The largest absolute Gasteiger partial charge is 0.493 e. The van der Waals surface area contributed by atoms with Gasteiger partial charge in [-0.05, 0) is 76.1 Å². The summed E-state index contributed by atoms with van der Waals surface area (Å²) in [6.45, 7) is 8.52. The van der Waals surface area contributed by atoms with E-state index in [4.69, 9.17) is 13.9 Å². The van der Waals surface area contributed by atoms with Gasteiger partial charge in [-0.15, -0.1) is 0 Å². The molecule has 0 fully saturated rings. The molecule has 0 aliphatic carbocycles. The lowest BCUT2D eigenvalue weighted by Gasteiger charge is -2.37. The van der Waals surface area contributed by atoms with Crippen molar-refractivity contribution < 1.29 is 23.5 Å². The lowest BCUT2D eigenvalue weighted by molar-refractivity contribution is -0.133. The minimum atomic E-state index is -0.544. The normalized spacial score (nSPS) is 11.2. The van der Waals surface area contributed by atoms with E-state index in [9.17, 15) is 9.59 Å². The first kappa shape index (κ1) is 26.9. The van der Waals surface area contributed by atoms with Crippen molar-refractivity contribution in [1.82, 2.24) is 9.80 Å². The van der Waals surface area contributed by atoms with Crippen LogP contribution in [0.3, 0.4) is 0 Å². The van der Waals surface area contributed by atoms with Gasteiger partial charge in [0.05, 0.1) is 27.0 Å². The topological polar surface area (TPSA) is 72.2 Å². The van der Waals surface area contributed by atoms with Crippen LogP contribution in [0.2, 0.25) is 0 Å². The average Bonchev–Trinajstić information content (AvgIpc) is 3.37. The summed E-state index contributed by atoms with van der Waals surface area (Å²) < 4.78 is 16.3. The molecule has 0 saturated carbocycles. The summed E-state index contributed by atoms with van der Waals surface area (Å²) in [5, 5.41) is 0. The molecule has 0 atom stereocenters. The first-order chi connectivity index (χ1) is 17.1. The molecule has 1 aromatic heterocycles. The highest BCUT2D eigenvalue weighted by Crippen LogP contribution is 2.28. The molecule has 0 saturated heterocycles. The Bertz CT molecular complexity index is 1150. The van der Waals surface area contributed by atoms with Crippen molar-refractivity contribution in [3.8, 4) is 11.5 Å². The Morgan fingerprint density at radius 1 is 0.944 bits per heavy atom. The lowest BCUT2D eigenvalue weighted by Crippen LogP contribution is -2.51. The van der Waals surface area contributed by atoms with E-state index in [0.29, 0.717) is 42.3 Å². The highest BCUT2D eigenvalue weighted by atomic mass is 16.5. The van der Waals surface area contributed by atoms with Crippen LogP contribution in [0.15, 0.2) is 65.3 Å². The van der Waals surface area contributed by atoms with Crippen molar-refractivity contribution in [2.45, 2.75) is 46.2 Å². The van der Waals surface area contributed by atoms with Gasteiger partial charge in [-0.1, -0.05) is 23.8 Å². The molecule has 0 N–H and O–H groups in total. The van der Waals surface area contributed by atoms with Crippen molar-refractivity contribution >= 4 is 11.8 Å². The average molecular weight is 493 g/mol. The molecule has 0 bridgehead atoms. The maximum absolute atomic E-state index is 13.6. The van der Waals surface area contributed by atoms with Gasteiger partial charge in [0.15, 0.2) is 11.5 Å². The van der Waals surface area contributed by atoms with Crippen LogP contribution in [0.4, 0.5) is 0 Å². The number of aryl methyl sites for hydroxylation is 1. The Morgan fingerprint density at radius 3 is 2.22 bits per heavy atom. The van der Waals surface area contributed by atoms with E-state index in [1.165, 1.54) is 0 Å². The fraction of sp³-hybridized carbons (Fsp3) is 0.379. The number of benzene rings is 2. The van der Waals surface area contributed by atoms with Crippen LogP contribution in [0.25, 0.3) is 0 Å². The molecule has 7 nitrogen and oxygen atoms in total. The smallest absolute Gasteiger partial charge is 0.254 e. The molecular formula is C29H36N2O5. The molecule has 0 aliphatic rings. The van der Waals surface area contributed by atoms with Gasteiger partial charge in [-0.2, -0.15) is 0 Å². The van der Waals surface area contributed by atoms with E-state index in [2.05, 4.69) is 0 Å². The van der Waals surface area contributed by atoms with E-state index in [0.717, 1.165) is 11.1 Å². The predicted molar refractivity (Wildman–Crippen MR) is 139 cm³/mol. The van der Waals surface area contributed by atoms with Crippen molar-refractivity contribution in [2.24, 2.45) is 0 Å². The number of nitrogens with zero attached hydrogens (tertiary/aromatic N) is 2. The molecule has 2 amide bonds. The second-order valence-corrected chi connectivity index (χ2v) is 9.76. The van der Waals surface area contributed by atoms with Gasteiger partial charge in [0.25, 0.3) is 5.91 Å². The Balaban J connectivity index is 1.80. The number of carbonyl (C=O) groups excluding carboxylic acids is 2. The molecule has 0 radical (unpaired) electrons. The number of amides is 2. The van der Waals surface area contributed by atoms with Crippen LogP contribution in [0, 0.1) is 6.92 Å². The summed E-state index contributed by atoms with van der Waals surface area (Å²) in [6, 6.07) is 16.8. The molecule has 0 spiro atoms. The Hall–Kier alpha value is -3.74. The Morgan fingerprint density at radius 2 is 1.64 bits per heavy atom. The molecule has 3 rings (SSSR count). The number of ether oxygens (including phenoxy) is 2. The molecule has 7 heteroatoms. The van der Waals surface area contributed by atoms with Crippen LogP contribution in [0.5, 0.6) is 11.5 Å². The highest BCUT2D eigenvalue weighted by molar-refractivity contribution is 5.97. The quantitative estimate of drug-likeness (QED) is 0.393. The van der Waals surface area contributed by atoms with E-state index in [1.54, 1.807) is 48.5 Å². The molecule has 0 unspecified atom stereocenters. The van der Waals surface area contributed by atoms with E-state index in [1.807, 2.05) is 64.1 Å². The molecule has 1 heterocycles. The van der Waals surface area contributed by atoms with Gasteiger partial charge in [-0.25, -0.2) is 0 Å². The maximum Gasteiger partial charge on any atom is 0.254 e. The van der Waals surface area contributed by atoms with Gasteiger partial charge in [0, 0.05) is 17.6 Å². The van der Waals surface area contributed by atoms with Crippen LogP contribution >= 0.6 is 0 Å². The number of hydrogen-bond donors (Lipinski definition) is 0. The van der Waals surface area contributed by atoms with Crippen molar-refractivity contribution in [3.05, 3.63) is 83.3 Å². The van der Waals surface area contributed by atoms with Gasteiger partial charge in [-0.3, -0.25) is 9.59 Å². The van der Waals surface area contributed by atoms with Gasteiger partial charge in [0.1, 0.15) is 12.3 Å². The molecule has 3 aromatic rings. The number of methoxy groups -OCH3 is 2. The lowest BCUT2D eigenvalue weighted by atomic mass is 10.0. The van der Waals surface area contributed by atoms with Gasteiger partial charge >= 0.3 is 0 Å². The third kappa shape index (κ3) is 6.90. The first-order valence-corrected chi connectivity index (χ1v) is 12.0. The zero-order valence-corrected chi connectivity index (χ0v) is 22.0. The zero-order chi connectivity index (χ0) is 26.3. The second kappa shape index (κ2) is 11.8. The summed E-state index contributed by atoms with van der Waals surface area (Å²) >= 11 is 0. The van der Waals surface area contributed by atoms with Crippen LogP contribution in [-0.4, -0.2) is 54.5 Å². The molecule has 0 aliphatic heterocycles. The van der Waals surface area contributed by atoms with E-state index < -0.39 is 5.54 Å². The predicted octanol–water partition coefficient (Wildman–Crippen LogP) is 5.12. The number of furan rings is 1. The first-order valence-electron chi connectivity index (χ1n) is 12.0. The van der Waals surface area contributed by atoms with Crippen LogP contribution in [0.1, 0.15) is 48.0 Å². The number of hydrogen-bond acceptors (Lipinski definition) is 5. The van der Waals surface area contributed by atoms with Gasteiger partial charge in [0.2, 0.25) is 5.91 Å². The highest BCUT2D eigenvalue weighted by Gasteiger charge is 2.31. The van der Waals surface area contributed by atoms with Crippen LogP contribution < -0.4 is 9.47 Å².